The molecule has 0 spiro atoms. The fourth-order valence-corrected chi connectivity index (χ4v) is 4.06. The van der Waals surface area contributed by atoms with Crippen molar-refractivity contribution in [3.63, 3.8) is 0 Å². The molecule has 8 heteroatoms. The maximum Gasteiger partial charge on any atom is 0.238 e. The molecule has 0 radical (unpaired) electrons. The van der Waals surface area contributed by atoms with Crippen LogP contribution in [0, 0.1) is 0 Å². The summed E-state index contributed by atoms with van der Waals surface area (Å²) in [5.41, 5.74) is 5.69. The van der Waals surface area contributed by atoms with Crippen LogP contribution in [0.3, 0.4) is 0 Å². The number of morpholine rings is 1. The number of hydrogen-bond acceptors (Lipinski definition) is 5. The number of H-pyrrole nitrogens is 1. The number of aromatic amines is 1. The monoisotopic (exact) mass is 430 g/mol. The summed E-state index contributed by atoms with van der Waals surface area (Å²) in [6.07, 6.45) is 5.79. The van der Waals surface area contributed by atoms with E-state index in [1.54, 1.807) is 0 Å². The molecule has 4 aromatic rings. The molecule has 1 aliphatic rings. The Bertz CT molecular complexity index is 1220. The van der Waals surface area contributed by atoms with Gasteiger partial charge in [-0.1, -0.05) is 12.1 Å². The summed E-state index contributed by atoms with van der Waals surface area (Å²) < 4.78 is 7.28. The average molecular weight is 431 g/mol. The van der Waals surface area contributed by atoms with E-state index in [0.29, 0.717) is 19.8 Å². The molecular weight excluding hydrogens is 404 g/mol. The van der Waals surface area contributed by atoms with E-state index >= 15 is 0 Å². The third kappa shape index (κ3) is 4.15. The summed E-state index contributed by atoms with van der Waals surface area (Å²) in [5.74, 6) is -0.0118. The summed E-state index contributed by atoms with van der Waals surface area (Å²) >= 11 is 0. The molecule has 2 N–H and O–H groups in total. The van der Waals surface area contributed by atoms with Crippen molar-refractivity contribution in [3.05, 3.63) is 55.0 Å². The highest BCUT2D eigenvalue weighted by Crippen LogP contribution is 2.35. The minimum atomic E-state index is -0.0118. The lowest BCUT2D eigenvalue weighted by Crippen LogP contribution is -2.41. The number of nitrogens with zero attached hydrogens (tertiary/aromatic N) is 4. The zero-order valence-corrected chi connectivity index (χ0v) is 18.0. The van der Waals surface area contributed by atoms with Crippen LogP contribution in [0.1, 0.15) is 6.92 Å². The van der Waals surface area contributed by atoms with Crippen molar-refractivity contribution in [2.75, 3.05) is 38.2 Å². The highest BCUT2D eigenvalue weighted by Gasteiger charge is 2.17. The van der Waals surface area contributed by atoms with Gasteiger partial charge in [0, 0.05) is 60.4 Å². The molecule has 1 fully saturated rings. The molecule has 1 aliphatic heterocycles. The fraction of sp³-hybridized carbons (Fsp3) is 0.292. The van der Waals surface area contributed by atoms with Crippen molar-refractivity contribution in [1.82, 2.24) is 24.6 Å². The second-order valence-electron chi connectivity index (χ2n) is 7.86. The molecule has 0 saturated carbocycles. The molecule has 0 atom stereocenters. The molecule has 8 nitrogen and oxygen atoms in total. The lowest BCUT2D eigenvalue weighted by Gasteiger charge is -2.25. The van der Waals surface area contributed by atoms with E-state index in [1.165, 1.54) is 0 Å². The van der Waals surface area contributed by atoms with Crippen LogP contribution in [-0.2, 0) is 16.1 Å². The second kappa shape index (κ2) is 8.94. The number of hydrogen-bond donors (Lipinski definition) is 2. The third-order valence-corrected chi connectivity index (χ3v) is 5.75. The van der Waals surface area contributed by atoms with Crippen molar-refractivity contribution < 1.29 is 9.53 Å². The van der Waals surface area contributed by atoms with E-state index in [0.717, 1.165) is 58.7 Å². The van der Waals surface area contributed by atoms with E-state index in [4.69, 9.17) is 9.84 Å². The molecule has 1 aromatic carbocycles. The van der Waals surface area contributed by atoms with Gasteiger partial charge < -0.3 is 15.0 Å². The van der Waals surface area contributed by atoms with Gasteiger partial charge in [0.1, 0.15) is 11.3 Å². The van der Waals surface area contributed by atoms with Crippen LogP contribution in [0.15, 0.2) is 55.0 Å². The zero-order valence-electron chi connectivity index (χ0n) is 18.0. The van der Waals surface area contributed by atoms with Gasteiger partial charge in [0.25, 0.3) is 0 Å². The number of carbonyl (C=O) groups is 1. The Kier molecular flexibility index (Phi) is 5.70. The van der Waals surface area contributed by atoms with Gasteiger partial charge in [-0.15, -0.1) is 0 Å². The molecule has 3 aromatic heterocycles. The number of pyridine rings is 1. The number of fused-ring (bicyclic) bond motifs is 1. The number of anilines is 1. The normalized spacial score (nSPS) is 14.7. The SMILES string of the molecule is CCn1cc(-c2ccnc3[nH]ccc23)c(-c2ccc(NC(=O)CN3CCOCC3)cc2)n1. The summed E-state index contributed by atoms with van der Waals surface area (Å²) in [6, 6.07) is 11.9. The van der Waals surface area contributed by atoms with Gasteiger partial charge in [-0.25, -0.2) is 4.98 Å². The van der Waals surface area contributed by atoms with E-state index in [2.05, 4.69) is 33.3 Å². The van der Waals surface area contributed by atoms with Gasteiger partial charge >= 0.3 is 0 Å². The first-order valence-electron chi connectivity index (χ1n) is 10.9. The summed E-state index contributed by atoms with van der Waals surface area (Å²) in [6.45, 7) is 6.18. The van der Waals surface area contributed by atoms with E-state index in [-0.39, 0.29) is 5.91 Å². The van der Waals surface area contributed by atoms with Gasteiger partial charge in [-0.3, -0.25) is 14.4 Å². The minimum absolute atomic E-state index is 0.0118. The van der Waals surface area contributed by atoms with Crippen LogP contribution in [-0.4, -0.2) is 63.4 Å². The predicted molar refractivity (Wildman–Crippen MR) is 124 cm³/mol. The number of rotatable bonds is 6. The number of carbonyl (C=O) groups excluding carboxylic acids is 1. The Morgan fingerprint density at radius 1 is 1.12 bits per heavy atom. The molecule has 0 unspecified atom stereocenters. The van der Waals surface area contributed by atoms with Crippen molar-refractivity contribution in [2.24, 2.45) is 0 Å². The Hall–Kier alpha value is -3.49. The number of nitrogens with one attached hydrogen (secondary N) is 2. The van der Waals surface area contributed by atoms with Crippen molar-refractivity contribution in [2.45, 2.75) is 13.5 Å². The first kappa shape index (κ1) is 20.4. The standard InChI is InChI=1S/C24H26N6O2/c1-2-30-15-21(19-7-9-25-24-20(19)8-10-26-24)23(28-30)17-3-5-18(6-4-17)27-22(31)16-29-11-13-32-14-12-29/h3-10,15H,2,11-14,16H2,1H3,(H,25,26)(H,27,31). The second-order valence-corrected chi connectivity index (χ2v) is 7.86. The molecule has 0 aliphatic carbocycles. The van der Waals surface area contributed by atoms with Gasteiger partial charge in [-0.05, 0) is 36.8 Å². The quantitative estimate of drug-likeness (QED) is 0.490. The summed E-state index contributed by atoms with van der Waals surface area (Å²) in [5, 5.41) is 8.87. The fourth-order valence-electron chi connectivity index (χ4n) is 4.06. The van der Waals surface area contributed by atoms with Crippen LogP contribution in [0.2, 0.25) is 0 Å². The first-order chi connectivity index (χ1) is 15.7. The van der Waals surface area contributed by atoms with Crippen LogP contribution in [0.4, 0.5) is 5.69 Å². The lowest BCUT2D eigenvalue weighted by molar-refractivity contribution is -0.118. The topological polar surface area (TPSA) is 88.1 Å². The minimum Gasteiger partial charge on any atom is -0.379 e. The van der Waals surface area contributed by atoms with Gasteiger partial charge in [0.05, 0.1) is 19.8 Å². The van der Waals surface area contributed by atoms with Crippen LogP contribution in [0.25, 0.3) is 33.4 Å². The highest BCUT2D eigenvalue weighted by atomic mass is 16.5. The third-order valence-electron chi connectivity index (χ3n) is 5.75. The molecule has 32 heavy (non-hydrogen) atoms. The Morgan fingerprint density at radius 3 is 2.72 bits per heavy atom. The number of amides is 1. The Morgan fingerprint density at radius 2 is 1.94 bits per heavy atom. The van der Waals surface area contributed by atoms with Crippen molar-refractivity contribution in [1.29, 1.82) is 0 Å². The first-order valence-corrected chi connectivity index (χ1v) is 10.9. The van der Waals surface area contributed by atoms with Gasteiger partial charge in [0.15, 0.2) is 0 Å². The van der Waals surface area contributed by atoms with Crippen LogP contribution in [0.5, 0.6) is 0 Å². The average Bonchev–Trinajstić information content (AvgIpc) is 3.47. The maximum atomic E-state index is 12.4. The number of aromatic nitrogens is 4. The molecule has 1 amide bonds. The van der Waals surface area contributed by atoms with Gasteiger partial charge in [-0.2, -0.15) is 5.10 Å². The molecule has 0 bridgehead atoms. The summed E-state index contributed by atoms with van der Waals surface area (Å²) in [7, 11) is 0. The molecule has 1 saturated heterocycles. The lowest BCUT2D eigenvalue weighted by atomic mass is 10.0. The molecular formula is C24H26N6O2. The van der Waals surface area contributed by atoms with Crippen molar-refractivity contribution >= 4 is 22.6 Å². The summed E-state index contributed by atoms with van der Waals surface area (Å²) in [4.78, 5) is 22.1. The Labute approximate surface area is 186 Å². The number of benzene rings is 1. The maximum absolute atomic E-state index is 12.4. The van der Waals surface area contributed by atoms with E-state index in [1.807, 2.05) is 53.5 Å². The molecule has 4 heterocycles. The zero-order chi connectivity index (χ0) is 21.9. The van der Waals surface area contributed by atoms with Crippen LogP contribution >= 0.6 is 0 Å². The van der Waals surface area contributed by atoms with E-state index < -0.39 is 0 Å². The molecule has 5 rings (SSSR count). The molecule has 164 valence electrons. The highest BCUT2D eigenvalue weighted by molar-refractivity contribution is 5.97. The Balaban J connectivity index is 1.39. The van der Waals surface area contributed by atoms with Gasteiger partial charge in [0.2, 0.25) is 5.91 Å². The number of aryl methyl sites for hydroxylation is 1. The van der Waals surface area contributed by atoms with Crippen molar-refractivity contribution in [3.8, 4) is 22.4 Å². The van der Waals surface area contributed by atoms with Crippen LogP contribution < -0.4 is 5.32 Å². The predicted octanol–water partition coefficient (Wildman–Crippen LogP) is 3.38. The largest absolute Gasteiger partial charge is 0.379 e. The van der Waals surface area contributed by atoms with E-state index in [9.17, 15) is 4.79 Å². The smallest absolute Gasteiger partial charge is 0.238 e. The number of ether oxygens (including phenoxy) is 1.